The lowest BCUT2D eigenvalue weighted by Crippen LogP contribution is -2.09. The summed E-state index contributed by atoms with van der Waals surface area (Å²) in [5.74, 6) is -0.307. The van der Waals surface area contributed by atoms with E-state index in [1.807, 2.05) is 36.4 Å². The lowest BCUT2D eigenvalue weighted by Gasteiger charge is -2.14. The minimum atomic E-state index is -0.352. The van der Waals surface area contributed by atoms with Crippen LogP contribution in [0.15, 0.2) is 62.9 Å². The van der Waals surface area contributed by atoms with Crippen LogP contribution in [-0.2, 0) is 4.74 Å². The Bertz CT molecular complexity index is 852. The SMILES string of the molecule is O=C(OC1c2ccccc2-c2ccccc21)c1cc(Br)c(Br)s1. The van der Waals surface area contributed by atoms with Gasteiger partial charge in [-0.25, -0.2) is 4.79 Å². The van der Waals surface area contributed by atoms with Gasteiger partial charge in [0.1, 0.15) is 4.88 Å². The Morgan fingerprint density at radius 3 is 2.04 bits per heavy atom. The summed E-state index contributed by atoms with van der Waals surface area (Å²) in [4.78, 5) is 13.1. The molecule has 0 fully saturated rings. The van der Waals surface area contributed by atoms with E-state index in [0.717, 1.165) is 30.5 Å². The molecule has 0 saturated heterocycles. The number of halogens is 2. The van der Waals surface area contributed by atoms with Gasteiger partial charge in [0, 0.05) is 15.6 Å². The van der Waals surface area contributed by atoms with Crippen molar-refractivity contribution in [3.63, 3.8) is 0 Å². The molecule has 3 aromatic rings. The van der Waals surface area contributed by atoms with Crippen LogP contribution >= 0.6 is 43.2 Å². The highest BCUT2D eigenvalue weighted by atomic mass is 79.9. The van der Waals surface area contributed by atoms with E-state index in [1.165, 1.54) is 11.3 Å². The zero-order valence-electron chi connectivity index (χ0n) is 11.8. The van der Waals surface area contributed by atoms with Crippen LogP contribution in [0.5, 0.6) is 0 Å². The van der Waals surface area contributed by atoms with E-state index < -0.39 is 0 Å². The first-order valence-corrected chi connectivity index (χ1v) is 9.39. The molecule has 0 aliphatic heterocycles. The van der Waals surface area contributed by atoms with Crippen molar-refractivity contribution in [3.05, 3.63) is 78.9 Å². The average Bonchev–Trinajstić information content (AvgIpc) is 3.07. The molecular formula is C18H10Br2O2S. The normalized spacial score (nSPS) is 12.8. The van der Waals surface area contributed by atoms with E-state index in [9.17, 15) is 4.79 Å². The molecule has 2 nitrogen and oxygen atoms in total. The summed E-state index contributed by atoms with van der Waals surface area (Å²) in [6.07, 6.45) is -0.352. The van der Waals surface area contributed by atoms with E-state index in [4.69, 9.17) is 4.74 Å². The van der Waals surface area contributed by atoms with Gasteiger partial charge in [-0.15, -0.1) is 11.3 Å². The zero-order chi connectivity index (χ0) is 16.0. The molecule has 5 heteroatoms. The third kappa shape index (κ3) is 2.57. The highest BCUT2D eigenvalue weighted by Crippen LogP contribution is 2.45. The summed E-state index contributed by atoms with van der Waals surface area (Å²) >= 11 is 8.18. The average molecular weight is 450 g/mol. The van der Waals surface area contributed by atoms with Crippen molar-refractivity contribution in [3.8, 4) is 11.1 Å². The fourth-order valence-corrected chi connectivity index (χ4v) is 4.77. The largest absolute Gasteiger partial charge is 0.448 e. The summed E-state index contributed by atoms with van der Waals surface area (Å²) in [6, 6.07) is 17.9. The van der Waals surface area contributed by atoms with Gasteiger partial charge in [0.05, 0.1) is 3.79 Å². The van der Waals surface area contributed by atoms with Gasteiger partial charge in [0.2, 0.25) is 0 Å². The zero-order valence-corrected chi connectivity index (χ0v) is 15.7. The maximum atomic E-state index is 12.5. The molecule has 0 unspecified atom stereocenters. The Kier molecular flexibility index (Phi) is 3.87. The molecule has 1 aliphatic carbocycles. The summed E-state index contributed by atoms with van der Waals surface area (Å²) in [6.45, 7) is 0. The quantitative estimate of drug-likeness (QED) is 0.435. The number of thiophene rings is 1. The molecule has 0 amide bonds. The summed E-state index contributed by atoms with van der Waals surface area (Å²) in [5, 5.41) is 0. The minimum absolute atomic E-state index is 0.307. The molecule has 114 valence electrons. The predicted molar refractivity (Wildman–Crippen MR) is 98.9 cm³/mol. The van der Waals surface area contributed by atoms with E-state index >= 15 is 0 Å². The van der Waals surface area contributed by atoms with Crippen LogP contribution in [-0.4, -0.2) is 5.97 Å². The molecule has 0 saturated carbocycles. The number of hydrogen-bond donors (Lipinski definition) is 0. The van der Waals surface area contributed by atoms with Gasteiger partial charge in [-0.1, -0.05) is 48.5 Å². The molecule has 0 spiro atoms. The Morgan fingerprint density at radius 2 is 1.52 bits per heavy atom. The Labute approximate surface area is 154 Å². The van der Waals surface area contributed by atoms with Crippen molar-refractivity contribution in [1.29, 1.82) is 0 Å². The summed E-state index contributed by atoms with van der Waals surface area (Å²) in [5.41, 5.74) is 4.34. The first-order chi connectivity index (χ1) is 11.1. The maximum Gasteiger partial charge on any atom is 0.349 e. The molecule has 0 atom stereocenters. The molecule has 0 bridgehead atoms. The lowest BCUT2D eigenvalue weighted by molar-refractivity contribution is 0.0391. The van der Waals surface area contributed by atoms with Gasteiger partial charge in [-0.2, -0.15) is 0 Å². The standard InChI is InChI=1S/C18H10Br2O2S/c19-14-9-15(23-17(14)20)18(21)22-16-12-7-3-1-5-10(12)11-6-2-4-8-13(11)16/h1-9,16H. The van der Waals surface area contributed by atoms with Crippen molar-refractivity contribution in [2.24, 2.45) is 0 Å². The number of ether oxygens (including phenoxy) is 1. The van der Waals surface area contributed by atoms with Crippen molar-refractivity contribution in [2.75, 3.05) is 0 Å². The van der Waals surface area contributed by atoms with Crippen molar-refractivity contribution in [2.45, 2.75) is 6.10 Å². The van der Waals surface area contributed by atoms with Gasteiger partial charge in [-0.05, 0) is 49.1 Å². The van der Waals surface area contributed by atoms with E-state index in [1.54, 1.807) is 6.07 Å². The van der Waals surface area contributed by atoms with Gasteiger partial charge < -0.3 is 4.74 Å². The van der Waals surface area contributed by atoms with E-state index in [-0.39, 0.29) is 12.1 Å². The summed E-state index contributed by atoms with van der Waals surface area (Å²) in [7, 11) is 0. The third-order valence-electron chi connectivity index (χ3n) is 3.85. The second-order valence-electron chi connectivity index (χ2n) is 5.19. The molecule has 23 heavy (non-hydrogen) atoms. The fraction of sp³-hybridized carbons (Fsp3) is 0.0556. The number of esters is 1. The Hall–Kier alpha value is -1.43. The molecule has 1 heterocycles. The molecule has 1 aromatic heterocycles. The van der Waals surface area contributed by atoms with Crippen LogP contribution in [0.25, 0.3) is 11.1 Å². The van der Waals surface area contributed by atoms with Crippen LogP contribution in [0.1, 0.15) is 26.9 Å². The van der Waals surface area contributed by atoms with Crippen molar-refractivity contribution < 1.29 is 9.53 Å². The topological polar surface area (TPSA) is 26.3 Å². The van der Waals surface area contributed by atoms with Crippen molar-refractivity contribution in [1.82, 2.24) is 0 Å². The summed E-state index contributed by atoms with van der Waals surface area (Å²) < 4.78 is 7.60. The molecule has 1 aliphatic rings. The van der Waals surface area contributed by atoms with Crippen molar-refractivity contribution >= 4 is 49.2 Å². The van der Waals surface area contributed by atoms with Gasteiger partial charge in [0.25, 0.3) is 0 Å². The number of carbonyl (C=O) groups is 1. The molecule has 4 rings (SSSR count). The second-order valence-corrected chi connectivity index (χ2v) is 8.42. The number of rotatable bonds is 2. The van der Waals surface area contributed by atoms with Crippen LogP contribution < -0.4 is 0 Å². The molecule has 2 aromatic carbocycles. The van der Waals surface area contributed by atoms with Gasteiger partial charge in [0.15, 0.2) is 6.10 Å². The third-order valence-corrected chi connectivity index (χ3v) is 7.08. The Balaban J connectivity index is 1.73. The second kappa shape index (κ2) is 5.89. The highest BCUT2D eigenvalue weighted by molar-refractivity contribution is 9.13. The number of fused-ring (bicyclic) bond motifs is 3. The van der Waals surface area contributed by atoms with Gasteiger partial charge in [-0.3, -0.25) is 0 Å². The minimum Gasteiger partial charge on any atom is -0.448 e. The fourth-order valence-electron chi connectivity index (χ4n) is 2.85. The maximum absolute atomic E-state index is 12.5. The smallest absolute Gasteiger partial charge is 0.349 e. The number of hydrogen-bond acceptors (Lipinski definition) is 3. The Morgan fingerprint density at radius 1 is 0.957 bits per heavy atom. The molecule has 0 radical (unpaired) electrons. The monoisotopic (exact) mass is 448 g/mol. The van der Waals surface area contributed by atoms with Crippen LogP contribution in [0.3, 0.4) is 0 Å². The van der Waals surface area contributed by atoms with Crippen LogP contribution in [0.2, 0.25) is 0 Å². The lowest BCUT2D eigenvalue weighted by atomic mass is 10.1. The first-order valence-electron chi connectivity index (χ1n) is 6.99. The van der Waals surface area contributed by atoms with E-state index in [0.29, 0.717) is 4.88 Å². The van der Waals surface area contributed by atoms with Gasteiger partial charge >= 0.3 is 5.97 Å². The molecular weight excluding hydrogens is 440 g/mol. The van der Waals surface area contributed by atoms with Crippen LogP contribution in [0, 0.1) is 0 Å². The highest BCUT2D eigenvalue weighted by Gasteiger charge is 2.31. The number of carbonyl (C=O) groups excluding carboxylic acids is 1. The predicted octanol–water partition coefficient (Wildman–Crippen LogP) is 6.20. The first kappa shape index (κ1) is 15.1. The van der Waals surface area contributed by atoms with E-state index in [2.05, 4.69) is 44.0 Å². The van der Waals surface area contributed by atoms with Crippen LogP contribution in [0.4, 0.5) is 0 Å². The number of benzene rings is 2. The molecule has 0 N–H and O–H groups in total.